The van der Waals surface area contributed by atoms with Crippen molar-refractivity contribution in [3.8, 4) is 5.75 Å². The molecule has 1 aromatic rings. The summed E-state index contributed by atoms with van der Waals surface area (Å²) in [6.07, 6.45) is 0. The molecule has 1 aliphatic heterocycles. The molecular formula is C12H13NO4S. The number of rotatable bonds is 3. The van der Waals surface area contributed by atoms with Crippen LogP contribution >= 0.6 is 11.8 Å². The number of carbonyl (C=O) groups is 2. The Hall–Kier alpha value is -1.69. The zero-order chi connectivity index (χ0) is 13.0. The van der Waals surface area contributed by atoms with E-state index in [1.165, 1.54) is 7.11 Å². The van der Waals surface area contributed by atoms with E-state index >= 15 is 0 Å². The van der Waals surface area contributed by atoms with Gasteiger partial charge in [0.25, 0.3) is 5.91 Å². The number of esters is 1. The van der Waals surface area contributed by atoms with Crippen molar-refractivity contribution in [2.45, 2.75) is 4.90 Å². The van der Waals surface area contributed by atoms with Crippen molar-refractivity contribution in [3.05, 3.63) is 23.8 Å². The van der Waals surface area contributed by atoms with Gasteiger partial charge in [0.05, 0.1) is 13.7 Å². The fourth-order valence-corrected chi connectivity index (χ4v) is 2.32. The van der Waals surface area contributed by atoms with E-state index in [0.717, 1.165) is 16.4 Å². The zero-order valence-electron chi connectivity index (χ0n) is 9.89. The van der Waals surface area contributed by atoms with Gasteiger partial charge >= 0.3 is 5.97 Å². The predicted molar refractivity (Wildman–Crippen MR) is 67.0 cm³/mol. The molecule has 0 atom stereocenters. The van der Waals surface area contributed by atoms with Gasteiger partial charge in [-0.15, -0.1) is 11.8 Å². The first-order valence-corrected chi connectivity index (χ1v) is 6.44. The fourth-order valence-electron chi connectivity index (χ4n) is 1.51. The number of carbonyl (C=O) groups excluding carboxylic acids is 2. The first-order chi connectivity index (χ1) is 8.70. The third kappa shape index (κ3) is 2.95. The summed E-state index contributed by atoms with van der Waals surface area (Å²) in [4.78, 5) is 23.7. The molecule has 1 aliphatic rings. The van der Waals surface area contributed by atoms with Gasteiger partial charge in [-0.3, -0.25) is 9.59 Å². The van der Waals surface area contributed by atoms with E-state index in [0.29, 0.717) is 12.2 Å². The minimum absolute atomic E-state index is 0.137. The summed E-state index contributed by atoms with van der Waals surface area (Å²) in [6.45, 7) is 0.507. The molecule has 0 aromatic heterocycles. The lowest BCUT2D eigenvalue weighted by Crippen LogP contribution is -2.30. The largest absolute Gasteiger partial charge is 0.492 e. The Morgan fingerprint density at radius 2 is 2.33 bits per heavy atom. The molecule has 0 saturated heterocycles. The van der Waals surface area contributed by atoms with Crippen molar-refractivity contribution < 1.29 is 19.1 Å². The smallest absolute Gasteiger partial charge is 0.325 e. The topological polar surface area (TPSA) is 64.6 Å². The van der Waals surface area contributed by atoms with Gasteiger partial charge in [0.2, 0.25) is 0 Å². The van der Waals surface area contributed by atoms with Crippen LogP contribution in [-0.2, 0) is 9.53 Å². The van der Waals surface area contributed by atoms with Crippen LogP contribution in [0.1, 0.15) is 10.4 Å². The number of thioether (sulfide) groups is 1. The molecule has 0 spiro atoms. The van der Waals surface area contributed by atoms with Gasteiger partial charge in [-0.1, -0.05) is 0 Å². The molecular weight excluding hydrogens is 254 g/mol. The number of hydrogen-bond donors (Lipinski definition) is 1. The number of fused-ring (bicyclic) bond motifs is 1. The Labute approximate surface area is 109 Å². The maximum absolute atomic E-state index is 11.8. The summed E-state index contributed by atoms with van der Waals surface area (Å²) in [5.41, 5.74) is 0.472. The number of methoxy groups -OCH3 is 1. The van der Waals surface area contributed by atoms with Crippen LogP contribution in [0.3, 0.4) is 0 Å². The molecule has 0 unspecified atom stereocenters. The highest BCUT2D eigenvalue weighted by Crippen LogP contribution is 2.33. The summed E-state index contributed by atoms with van der Waals surface area (Å²) in [5.74, 6) is 0.841. The van der Waals surface area contributed by atoms with Crippen molar-refractivity contribution in [2.75, 3.05) is 26.0 Å². The summed E-state index contributed by atoms with van der Waals surface area (Å²) in [6, 6.07) is 5.26. The molecule has 6 heteroatoms. The van der Waals surface area contributed by atoms with Gasteiger partial charge in [-0.25, -0.2) is 0 Å². The molecule has 96 valence electrons. The molecule has 1 aromatic carbocycles. The lowest BCUT2D eigenvalue weighted by atomic mass is 10.2. The van der Waals surface area contributed by atoms with Gasteiger partial charge in [0.15, 0.2) is 0 Å². The molecule has 0 fully saturated rings. The number of benzene rings is 1. The Bertz CT molecular complexity index is 475. The van der Waals surface area contributed by atoms with Crippen molar-refractivity contribution in [2.24, 2.45) is 0 Å². The molecule has 2 rings (SSSR count). The van der Waals surface area contributed by atoms with Gasteiger partial charge in [0.1, 0.15) is 12.3 Å². The van der Waals surface area contributed by atoms with Crippen molar-refractivity contribution in [1.29, 1.82) is 0 Å². The molecule has 0 saturated carbocycles. The molecule has 1 N–H and O–H groups in total. The normalized spacial score (nSPS) is 13.2. The maximum atomic E-state index is 11.8. The summed E-state index contributed by atoms with van der Waals surface area (Å²) < 4.78 is 9.91. The fraction of sp³-hybridized carbons (Fsp3) is 0.333. The van der Waals surface area contributed by atoms with Gasteiger partial charge in [-0.05, 0) is 18.2 Å². The minimum Gasteiger partial charge on any atom is -0.492 e. The lowest BCUT2D eigenvalue weighted by molar-refractivity contribution is -0.139. The number of ether oxygens (including phenoxy) is 2. The third-order valence-corrected chi connectivity index (χ3v) is 3.44. The molecule has 0 aliphatic carbocycles. The van der Waals surface area contributed by atoms with Gasteiger partial charge in [-0.2, -0.15) is 0 Å². The van der Waals surface area contributed by atoms with Crippen LogP contribution in [0.15, 0.2) is 23.1 Å². The van der Waals surface area contributed by atoms with Gasteiger partial charge in [0, 0.05) is 16.2 Å². The summed E-state index contributed by atoms with van der Waals surface area (Å²) in [7, 11) is 1.28. The van der Waals surface area contributed by atoms with E-state index in [2.05, 4.69) is 10.1 Å². The average molecular weight is 267 g/mol. The van der Waals surface area contributed by atoms with E-state index in [1.54, 1.807) is 23.9 Å². The molecule has 5 nitrogen and oxygen atoms in total. The Balaban J connectivity index is 2.04. The van der Waals surface area contributed by atoms with Crippen LogP contribution in [0.4, 0.5) is 0 Å². The maximum Gasteiger partial charge on any atom is 0.325 e. The highest BCUT2D eigenvalue weighted by Gasteiger charge is 2.14. The van der Waals surface area contributed by atoms with Crippen LogP contribution in [0, 0.1) is 0 Å². The predicted octanol–water partition coefficient (Wildman–Crippen LogP) is 1.07. The summed E-state index contributed by atoms with van der Waals surface area (Å²) in [5, 5.41) is 2.48. The number of hydrogen-bond acceptors (Lipinski definition) is 5. The molecule has 0 radical (unpaired) electrons. The zero-order valence-corrected chi connectivity index (χ0v) is 10.7. The second-order valence-electron chi connectivity index (χ2n) is 3.62. The second kappa shape index (κ2) is 5.77. The highest BCUT2D eigenvalue weighted by molar-refractivity contribution is 7.99. The van der Waals surface area contributed by atoms with Crippen molar-refractivity contribution in [3.63, 3.8) is 0 Å². The van der Waals surface area contributed by atoms with E-state index in [9.17, 15) is 9.59 Å². The Morgan fingerprint density at radius 1 is 1.50 bits per heavy atom. The van der Waals surface area contributed by atoms with Crippen LogP contribution in [-0.4, -0.2) is 37.9 Å². The highest BCUT2D eigenvalue weighted by atomic mass is 32.2. The lowest BCUT2D eigenvalue weighted by Gasteiger charge is -2.17. The second-order valence-corrected chi connectivity index (χ2v) is 4.75. The van der Waals surface area contributed by atoms with Crippen LogP contribution in [0.5, 0.6) is 5.75 Å². The van der Waals surface area contributed by atoms with Crippen LogP contribution < -0.4 is 10.1 Å². The number of nitrogens with one attached hydrogen (secondary N) is 1. The first-order valence-electron chi connectivity index (χ1n) is 5.45. The molecule has 1 amide bonds. The third-order valence-electron chi connectivity index (χ3n) is 2.43. The Kier molecular flexibility index (Phi) is 4.09. The van der Waals surface area contributed by atoms with Crippen molar-refractivity contribution in [1.82, 2.24) is 5.32 Å². The molecule has 18 heavy (non-hydrogen) atoms. The average Bonchev–Trinajstić information content (AvgIpc) is 2.43. The van der Waals surface area contributed by atoms with E-state index < -0.39 is 5.97 Å². The van der Waals surface area contributed by atoms with Gasteiger partial charge < -0.3 is 14.8 Å². The Morgan fingerprint density at radius 3 is 3.11 bits per heavy atom. The standard InChI is InChI=1S/C12H13NO4S/c1-16-11(14)7-13-12(15)8-2-3-10-9(6-8)17-4-5-18-10/h2-3,6H,4-5,7H2,1H3,(H,13,15). The van der Waals surface area contributed by atoms with E-state index in [1.807, 2.05) is 6.07 Å². The summed E-state index contributed by atoms with van der Waals surface area (Å²) >= 11 is 1.70. The van der Waals surface area contributed by atoms with E-state index in [-0.39, 0.29) is 12.5 Å². The number of amides is 1. The quantitative estimate of drug-likeness (QED) is 0.830. The monoisotopic (exact) mass is 267 g/mol. The molecule has 0 bridgehead atoms. The first kappa shape index (κ1) is 12.8. The minimum atomic E-state index is -0.479. The molecule has 1 heterocycles. The van der Waals surface area contributed by atoms with E-state index in [4.69, 9.17) is 4.74 Å². The SMILES string of the molecule is COC(=O)CNC(=O)c1ccc2c(c1)OCCS2. The van der Waals surface area contributed by atoms with Crippen LogP contribution in [0.25, 0.3) is 0 Å². The van der Waals surface area contributed by atoms with Crippen molar-refractivity contribution >= 4 is 23.6 Å². The van der Waals surface area contributed by atoms with Crippen LogP contribution in [0.2, 0.25) is 0 Å².